The number of thiazole rings is 1. The van der Waals surface area contributed by atoms with Crippen molar-refractivity contribution in [2.45, 2.75) is 18.8 Å². The Morgan fingerprint density at radius 3 is 3.08 bits per heavy atom. The average molecular weight is 205 g/mol. The summed E-state index contributed by atoms with van der Waals surface area (Å²) in [6, 6.07) is 0. The van der Waals surface area contributed by atoms with Crippen LogP contribution in [-0.4, -0.2) is 18.1 Å². The van der Waals surface area contributed by atoms with Gasteiger partial charge in [0, 0.05) is 17.8 Å². The molecular weight excluding hydrogens is 192 g/mol. The predicted octanol–water partition coefficient (Wildman–Crippen LogP) is 2.03. The van der Waals surface area contributed by atoms with Crippen LogP contribution in [0, 0.1) is 0 Å². The minimum atomic E-state index is 0. The van der Waals surface area contributed by atoms with E-state index in [1.807, 2.05) is 5.51 Å². The molecule has 0 aromatic carbocycles. The van der Waals surface area contributed by atoms with E-state index in [1.165, 1.54) is 25.1 Å². The Morgan fingerprint density at radius 2 is 2.50 bits per heavy atom. The smallest absolute Gasteiger partial charge is 0.0794 e. The molecule has 12 heavy (non-hydrogen) atoms. The molecule has 0 amide bonds. The molecule has 1 atom stereocenters. The summed E-state index contributed by atoms with van der Waals surface area (Å²) in [5.74, 6) is 0.676. The minimum Gasteiger partial charge on any atom is -0.316 e. The van der Waals surface area contributed by atoms with Crippen molar-refractivity contribution in [3.8, 4) is 0 Å². The highest BCUT2D eigenvalue weighted by atomic mass is 35.5. The highest BCUT2D eigenvalue weighted by Crippen LogP contribution is 2.22. The van der Waals surface area contributed by atoms with Crippen LogP contribution < -0.4 is 5.32 Å². The number of hydrogen-bond acceptors (Lipinski definition) is 3. The average Bonchev–Trinajstić information content (AvgIpc) is 2.58. The molecule has 1 aromatic rings. The van der Waals surface area contributed by atoms with E-state index >= 15 is 0 Å². The zero-order valence-electron chi connectivity index (χ0n) is 6.82. The lowest BCUT2D eigenvalue weighted by Gasteiger charge is -2.20. The van der Waals surface area contributed by atoms with E-state index in [9.17, 15) is 0 Å². The van der Waals surface area contributed by atoms with Gasteiger partial charge in [-0.2, -0.15) is 0 Å². The standard InChI is InChI=1S/C8H12N2S.ClH/c1-2-7(4-9-3-1)8-5-11-6-10-8;/h5-7,9H,1-4H2;1H/t7-;/m0./s1. The SMILES string of the molecule is Cl.c1nc([C@H]2CCCNC2)cs1. The van der Waals surface area contributed by atoms with Gasteiger partial charge in [-0.05, 0) is 19.4 Å². The molecule has 1 aliphatic heterocycles. The summed E-state index contributed by atoms with van der Waals surface area (Å²) in [5.41, 5.74) is 3.20. The second-order valence-electron chi connectivity index (χ2n) is 2.96. The van der Waals surface area contributed by atoms with E-state index in [0.717, 1.165) is 6.54 Å². The second-order valence-corrected chi connectivity index (χ2v) is 3.68. The third kappa shape index (κ3) is 2.19. The topological polar surface area (TPSA) is 24.9 Å². The predicted molar refractivity (Wildman–Crippen MR) is 54.2 cm³/mol. The van der Waals surface area contributed by atoms with Gasteiger partial charge in [0.05, 0.1) is 11.2 Å². The Hall–Kier alpha value is -0.120. The molecule has 0 unspecified atom stereocenters. The van der Waals surface area contributed by atoms with Crippen molar-refractivity contribution in [1.29, 1.82) is 0 Å². The molecular formula is C8H13ClN2S. The van der Waals surface area contributed by atoms with E-state index < -0.39 is 0 Å². The van der Waals surface area contributed by atoms with Crippen LogP contribution in [-0.2, 0) is 0 Å². The summed E-state index contributed by atoms with van der Waals surface area (Å²) < 4.78 is 0. The summed E-state index contributed by atoms with van der Waals surface area (Å²) in [4.78, 5) is 4.32. The second kappa shape index (κ2) is 4.80. The number of halogens is 1. The van der Waals surface area contributed by atoms with Crippen molar-refractivity contribution >= 4 is 23.7 Å². The molecule has 1 fully saturated rings. The Balaban J connectivity index is 0.000000720. The van der Waals surface area contributed by atoms with Crippen LogP contribution in [0.5, 0.6) is 0 Å². The molecule has 0 spiro atoms. The van der Waals surface area contributed by atoms with Crippen LogP contribution in [0.4, 0.5) is 0 Å². The van der Waals surface area contributed by atoms with E-state index in [0.29, 0.717) is 5.92 Å². The normalized spacial score (nSPS) is 23.2. The first kappa shape index (κ1) is 9.96. The third-order valence-corrected chi connectivity index (χ3v) is 2.77. The molecule has 0 aliphatic carbocycles. The summed E-state index contributed by atoms with van der Waals surface area (Å²) in [5, 5.41) is 5.55. The van der Waals surface area contributed by atoms with E-state index in [4.69, 9.17) is 0 Å². The summed E-state index contributed by atoms with van der Waals surface area (Å²) in [6.07, 6.45) is 2.60. The van der Waals surface area contributed by atoms with Gasteiger partial charge in [-0.1, -0.05) is 0 Å². The molecule has 1 N–H and O–H groups in total. The minimum absolute atomic E-state index is 0. The van der Waals surface area contributed by atoms with Gasteiger partial charge in [-0.15, -0.1) is 23.7 Å². The Morgan fingerprint density at radius 1 is 1.58 bits per heavy atom. The van der Waals surface area contributed by atoms with Crippen LogP contribution in [0.15, 0.2) is 10.9 Å². The van der Waals surface area contributed by atoms with Crippen LogP contribution >= 0.6 is 23.7 Å². The fourth-order valence-corrected chi connectivity index (χ4v) is 2.16. The van der Waals surface area contributed by atoms with E-state index in [-0.39, 0.29) is 12.4 Å². The van der Waals surface area contributed by atoms with Gasteiger partial charge in [0.1, 0.15) is 0 Å². The number of nitrogens with one attached hydrogen (secondary N) is 1. The molecule has 2 heterocycles. The van der Waals surface area contributed by atoms with Gasteiger partial charge in [0.15, 0.2) is 0 Å². The third-order valence-electron chi connectivity index (χ3n) is 2.17. The maximum absolute atomic E-state index is 4.32. The largest absolute Gasteiger partial charge is 0.316 e. The zero-order valence-corrected chi connectivity index (χ0v) is 8.46. The molecule has 4 heteroatoms. The zero-order chi connectivity index (χ0) is 7.52. The van der Waals surface area contributed by atoms with Crippen molar-refractivity contribution in [2.75, 3.05) is 13.1 Å². The fraction of sp³-hybridized carbons (Fsp3) is 0.625. The first-order valence-electron chi connectivity index (χ1n) is 4.05. The van der Waals surface area contributed by atoms with E-state index in [1.54, 1.807) is 11.3 Å². The summed E-state index contributed by atoms with van der Waals surface area (Å²) in [7, 11) is 0. The molecule has 2 nitrogen and oxygen atoms in total. The van der Waals surface area contributed by atoms with E-state index in [2.05, 4.69) is 15.7 Å². The molecule has 1 aliphatic rings. The number of rotatable bonds is 1. The van der Waals surface area contributed by atoms with Crippen molar-refractivity contribution in [2.24, 2.45) is 0 Å². The van der Waals surface area contributed by atoms with Gasteiger partial charge in [0.25, 0.3) is 0 Å². The lowest BCUT2D eigenvalue weighted by atomic mass is 9.97. The first-order valence-corrected chi connectivity index (χ1v) is 5.00. The lowest BCUT2D eigenvalue weighted by Crippen LogP contribution is -2.28. The monoisotopic (exact) mass is 204 g/mol. The molecule has 1 aromatic heterocycles. The number of aromatic nitrogens is 1. The van der Waals surface area contributed by atoms with Crippen molar-refractivity contribution in [3.63, 3.8) is 0 Å². The molecule has 0 radical (unpaired) electrons. The van der Waals surface area contributed by atoms with Crippen LogP contribution in [0.3, 0.4) is 0 Å². The molecule has 0 saturated carbocycles. The van der Waals surface area contributed by atoms with Gasteiger partial charge in [-0.3, -0.25) is 0 Å². The fourth-order valence-electron chi connectivity index (χ4n) is 1.53. The van der Waals surface area contributed by atoms with Crippen LogP contribution in [0.25, 0.3) is 0 Å². The molecule has 0 bridgehead atoms. The van der Waals surface area contributed by atoms with Crippen molar-refractivity contribution in [1.82, 2.24) is 10.3 Å². The van der Waals surface area contributed by atoms with Crippen molar-refractivity contribution in [3.05, 3.63) is 16.6 Å². The van der Waals surface area contributed by atoms with Crippen LogP contribution in [0.1, 0.15) is 24.5 Å². The number of nitrogens with zero attached hydrogens (tertiary/aromatic N) is 1. The maximum Gasteiger partial charge on any atom is 0.0794 e. The molecule has 2 rings (SSSR count). The maximum atomic E-state index is 4.32. The Kier molecular flexibility index (Phi) is 3.98. The van der Waals surface area contributed by atoms with Crippen LogP contribution in [0.2, 0.25) is 0 Å². The molecule has 1 saturated heterocycles. The lowest BCUT2D eigenvalue weighted by molar-refractivity contribution is 0.456. The highest BCUT2D eigenvalue weighted by Gasteiger charge is 2.15. The Labute approximate surface area is 82.8 Å². The van der Waals surface area contributed by atoms with Gasteiger partial charge in [0.2, 0.25) is 0 Å². The quantitative estimate of drug-likeness (QED) is 0.758. The summed E-state index contributed by atoms with van der Waals surface area (Å²) >= 11 is 1.69. The Bertz CT molecular complexity index is 207. The van der Waals surface area contributed by atoms with Gasteiger partial charge >= 0.3 is 0 Å². The van der Waals surface area contributed by atoms with Gasteiger partial charge in [-0.25, -0.2) is 4.98 Å². The summed E-state index contributed by atoms with van der Waals surface area (Å²) in [6.45, 7) is 2.30. The van der Waals surface area contributed by atoms with Crippen molar-refractivity contribution < 1.29 is 0 Å². The molecule has 68 valence electrons. The number of hydrogen-bond donors (Lipinski definition) is 1. The number of piperidine rings is 1. The van der Waals surface area contributed by atoms with Gasteiger partial charge < -0.3 is 5.32 Å². The highest BCUT2D eigenvalue weighted by molar-refractivity contribution is 7.07. The first-order chi connectivity index (χ1) is 5.47.